The molecule has 0 heterocycles. The fourth-order valence-corrected chi connectivity index (χ4v) is 2.41. The molecular formula is C16H27NO. The first kappa shape index (κ1) is 15.0. The molecule has 1 unspecified atom stereocenters. The molecule has 0 aliphatic heterocycles. The predicted molar refractivity (Wildman–Crippen MR) is 78.4 cm³/mol. The van der Waals surface area contributed by atoms with Crippen LogP contribution in [-0.2, 0) is 0 Å². The van der Waals surface area contributed by atoms with Crippen LogP contribution in [0.4, 0.5) is 0 Å². The largest absolute Gasteiger partial charge is 0.496 e. The fraction of sp³-hybridized carbons (Fsp3) is 0.625. The number of methoxy groups -OCH3 is 1. The molecule has 1 aromatic rings. The van der Waals surface area contributed by atoms with Crippen molar-refractivity contribution in [3.63, 3.8) is 0 Å². The minimum atomic E-state index is 0.394. The van der Waals surface area contributed by atoms with Crippen LogP contribution in [0.3, 0.4) is 0 Å². The Morgan fingerprint density at radius 1 is 1.22 bits per heavy atom. The molecule has 0 aliphatic carbocycles. The van der Waals surface area contributed by atoms with Crippen molar-refractivity contribution >= 4 is 0 Å². The van der Waals surface area contributed by atoms with Gasteiger partial charge in [0.1, 0.15) is 5.75 Å². The molecule has 1 N–H and O–H groups in total. The van der Waals surface area contributed by atoms with Crippen molar-refractivity contribution in [3.05, 3.63) is 28.8 Å². The normalized spacial score (nSPS) is 12.5. The molecule has 0 spiro atoms. The summed E-state index contributed by atoms with van der Waals surface area (Å²) in [5.74, 6) is 1.05. The fourth-order valence-electron chi connectivity index (χ4n) is 2.41. The molecule has 1 atom stereocenters. The van der Waals surface area contributed by atoms with Crippen LogP contribution in [-0.4, -0.2) is 14.2 Å². The molecule has 0 aliphatic rings. The third-order valence-corrected chi connectivity index (χ3v) is 3.73. The van der Waals surface area contributed by atoms with E-state index >= 15 is 0 Å². The Hall–Kier alpha value is -1.02. The second-order valence-electron chi connectivity index (χ2n) is 4.97. The van der Waals surface area contributed by atoms with Crippen LogP contribution in [0.15, 0.2) is 12.1 Å². The molecule has 2 nitrogen and oxygen atoms in total. The maximum absolute atomic E-state index is 5.61. The SMILES string of the molecule is CCCCCC(NC)c1ccc(C)c(C)c1OC. The highest BCUT2D eigenvalue weighted by atomic mass is 16.5. The van der Waals surface area contributed by atoms with Crippen molar-refractivity contribution in [2.24, 2.45) is 0 Å². The minimum absolute atomic E-state index is 0.394. The predicted octanol–water partition coefficient (Wildman–Crippen LogP) is 4.15. The highest BCUT2D eigenvalue weighted by molar-refractivity contribution is 5.46. The molecule has 0 saturated heterocycles. The van der Waals surface area contributed by atoms with Gasteiger partial charge in [-0.25, -0.2) is 0 Å². The van der Waals surface area contributed by atoms with Crippen LogP contribution in [0.2, 0.25) is 0 Å². The van der Waals surface area contributed by atoms with Crippen molar-refractivity contribution in [1.82, 2.24) is 5.32 Å². The number of unbranched alkanes of at least 4 members (excludes halogenated alkanes) is 2. The van der Waals surface area contributed by atoms with E-state index in [4.69, 9.17) is 4.74 Å². The Kier molecular flexibility index (Phi) is 6.20. The Labute approximate surface area is 112 Å². The lowest BCUT2D eigenvalue weighted by Crippen LogP contribution is -2.17. The van der Waals surface area contributed by atoms with Crippen LogP contribution in [0.5, 0.6) is 5.75 Å². The van der Waals surface area contributed by atoms with Gasteiger partial charge in [0.15, 0.2) is 0 Å². The molecule has 0 fully saturated rings. The van der Waals surface area contributed by atoms with Gasteiger partial charge >= 0.3 is 0 Å². The van der Waals surface area contributed by atoms with E-state index in [2.05, 4.69) is 38.2 Å². The van der Waals surface area contributed by atoms with Gasteiger partial charge in [-0.1, -0.05) is 38.3 Å². The average molecular weight is 249 g/mol. The van der Waals surface area contributed by atoms with E-state index in [-0.39, 0.29) is 0 Å². The van der Waals surface area contributed by atoms with Gasteiger partial charge in [0, 0.05) is 11.6 Å². The topological polar surface area (TPSA) is 21.3 Å². The average Bonchev–Trinajstić information content (AvgIpc) is 2.38. The van der Waals surface area contributed by atoms with Gasteiger partial charge in [0.25, 0.3) is 0 Å². The number of aryl methyl sites for hydroxylation is 1. The summed E-state index contributed by atoms with van der Waals surface area (Å²) in [6, 6.07) is 4.79. The molecule has 2 heteroatoms. The van der Waals surface area contributed by atoms with Crippen LogP contribution in [0, 0.1) is 13.8 Å². The molecule has 0 bridgehead atoms. The van der Waals surface area contributed by atoms with Crippen molar-refractivity contribution in [2.75, 3.05) is 14.2 Å². The van der Waals surface area contributed by atoms with Crippen molar-refractivity contribution in [2.45, 2.75) is 52.5 Å². The Bertz CT molecular complexity index is 374. The monoisotopic (exact) mass is 249 g/mol. The van der Waals surface area contributed by atoms with E-state index in [1.807, 2.05) is 7.05 Å². The van der Waals surface area contributed by atoms with E-state index in [1.165, 1.54) is 42.4 Å². The van der Waals surface area contributed by atoms with Gasteiger partial charge in [-0.05, 0) is 38.4 Å². The summed E-state index contributed by atoms with van der Waals surface area (Å²) >= 11 is 0. The van der Waals surface area contributed by atoms with Crippen LogP contribution in [0.1, 0.15) is 55.3 Å². The lowest BCUT2D eigenvalue weighted by atomic mass is 9.95. The van der Waals surface area contributed by atoms with Gasteiger partial charge < -0.3 is 10.1 Å². The summed E-state index contributed by atoms with van der Waals surface area (Å²) in [5, 5.41) is 3.42. The van der Waals surface area contributed by atoms with Gasteiger partial charge in [-0.2, -0.15) is 0 Å². The summed E-state index contributed by atoms with van der Waals surface area (Å²) in [5.41, 5.74) is 3.84. The number of benzene rings is 1. The van der Waals surface area contributed by atoms with Crippen LogP contribution >= 0.6 is 0 Å². The van der Waals surface area contributed by atoms with Crippen LogP contribution < -0.4 is 10.1 Å². The highest BCUT2D eigenvalue weighted by Crippen LogP contribution is 2.32. The quantitative estimate of drug-likeness (QED) is 0.733. The summed E-state index contributed by atoms with van der Waals surface area (Å²) in [7, 11) is 3.80. The third-order valence-electron chi connectivity index (χ3n) is 3.73. The Morgan fingerprint density at radius 3 is 2.50 bits per heavy atom. The lowest BCUT2D eigenvalue weighted by Gasteiger charge is -2.21. The lowest BCUT2D eigenvalue weighted by molar-refractivity contribution is 0.393. The number of hydrogen-bond acceptors (Lipinski definition) is 2. The zero-order valence-electron chi connectivity index (χ0n) is 12.5. The second-order valence-corrected chi connectivity index (χ2v) is 4.97. The number of rotatable bonds is 7. The van der Waals surface area contributed by atoms with Gasteiger partial charge in [0.05, 0.1) is 7.11 Å². The first-order valence-corrected chi connectivity index (χ1v) is 6.97. The molecule has 1 aromatic carbocycles. The second kappa shape index (κ2) is 7.42. The van der Waals surface area contributed by atoms with Gasteiger partial charge in [-0.15, -0.1) is 0 Å². The van der Waals surface area contributed by atoms with Gasteiger partial charge in [0.2, 0.25) is 0 Å². The summed E-state index contributed by atoms with van der Waals surface area (Å²) < 4.78 is 5.61. The molecule has 0 radical (unpaired) electrons. The van der Waals surface area contributed by atoms with Crippen molar-refractivity contribution < 1.29 is 4.74 Å². The molecule has 0 amide bonds. The maximum Gasteiger partial charge on any atom is 0.126 e. The molecule has 0 saturated carbocycles. The molecule has 1 rings (SSSR count). The summed E-state index contributed by atoms with van der Waals surface area (Å²) in [4.78, 5) is 0. The maximum atomic E-state index is 5.61. The Balaban J connectivity index is 2.94. The number of nitrogens with one attached hydrogen (secondary N) is 1. The Morgan fingerprint density at radius 2 is 1.94 bits per heavy atom. The summed E-state index contributed by atoms with van der Waals surface area (Å²) in [6.07, 6.45) is 4.99. The molecule has 102 valence electrons. The number of hydrogen-bond donors (Lipinski definition) is 1. The van der Waals surface area contributed by atoms with E-state index < -0.39 is 0 Å². The van der Waals surface area contributed by atoms with Gasteiger partial charge in [-0.3, -0.25) is 0 Å². The highest BCUT2D eigenvalue weighted by Gasteiger charge is 2.16. The standard InChI is InChI=1S/C16H27NO/c1-6-7-8-9-15(17-4)14-11-10-12(2)13(3)16(14)18-5/h10-11,15,17H,6-9H2,1-5H3. The van der Waals surface area contributed by atoms with Crippen molar-refractivity contribution in [3.8, 4) is 5.75 Å². The smallest absolute Gasteiger partial charge is 0.126 e. The van der Waals surface area contributed by atoms with E-state index in [9.17, 15) is 0 Å². The molecule has 0 aromatic heterocycles. The van der Waals surface area contributed by atoms with Crippen molar-refractivity contribution in [1.29, 1.82) is 0 Å². The summed E-state index contributed by atoms with van der Waals surface area (Å²) in [6.45, 7) is 6.51. The van der Waals surface area contributed by atoms with Crippen LogP contribution in [0.25, 0.3) is 0 Å². The first-order valence-electron chi connectivity index (χ1n) is 6.97. The zero-order valence-corrected chi connectivity index (χ0v) is 12.5. The molecule has 18 heavy (non-hydrogen) atoms. The van der Waals surface area contributed by atoms with E-state index in [1.54, 1.807) is 7.11 Å². The minimum Gasteiger partial charge on any atom is -0.496 e. The van der Waals surface area contributed by atoms with E-state index in [0.717, 1.165) is 5.75 Å². The molecular weight excluding hydrogens is 222 g/mol. The first-order chi connectivity index (χ1) is 8.65. The third kappa shape index (κ3) is 3.49. The van der Waals surface area contributed by atoms with E-state index in [0.29, 0.717) is 6.04 Å². The number of ether oxygens (including phenoxy) is 1. The zero-order chi connectivity index (χ0) is 13.5.